The summed E-state index contributed by atoms with van der Waals surface area (Å²) >= 11 is 0. The predicted molar refractivity (Wildman–Crippen MR) is 54.3 cm³/mol. The molecule has 0 radical (unpaired) electrons. The van der Waals surface area contributed by atoms with Gasteiger partial charge in [-0.25, -0.2) is 4.39 Å². The molecule has 0 saturated carbocycles. The molecule has 4 heteroatoms. The second kappa shape index (κ2) is 5.09. The fourth-order valence-corrected chi connectivity index (χ4v) is 1.44. The summed E-state index contributed by atoms with van der Waals surface area (Å²) in [5, 5.41) is 9.46. The molecule has 0 bridgehead atoms. The topological polar surface area (TPSA) is 38.7 Å². The maximum atomic E-state index is 13.4. The summed E-state index contributed by atoms with van der Waals surface area (Å²) in [6.07, 6.45) is -0.726. The summed E-state index contributed by atoms with van der Waals surface area (Å²) in [4.78, 5) is 0. The van der Waals surface area contributed by atoms with Crippen LogP contribution in [0.3, 0.4) is 0 Å². The number of benzene rings is 1. The summed E-state index contributed by atoms with van der Waals surface area (Å²) in [5.74, 6) is -0.320. The summed E-state index contributed by atoms with van der Waals surface area (Å²) < 4.78 is 23.2. The molecular formula is C11H15FO3. The Morgan fingerprint density at radius 2 is 2.07 bits per heavy atom. The highest BCUT2D eigenvalue weighted by Gasteiger charge is 2.13. The molecule has 1 N–H and O–H groups in total. The van der Waals surface area contributed by atoms with Crippen LogP contribution in [0, 0.1) is 5.82 Å². The summed E-state index contributed by atoms with van der Waals surface area (Å²) in [6, 6.07) is 2.82. The third-order valence-electron chi connectivity index (χ3n) is 2.16. The lowest BCUT2D eigenvalue weighted by atomic mass is 10.0. The highest BCUT2D eigenvalue weighted by atomic mass is 19.1. The summed E-state index contributed by atoms with van der Waals surface area (Å²) in [6.45, 7) is 1.90. The van der Waals surface area contributed by atoms with Gasteiger partial charge in [0.1, 0.15) is 0 Å². The molecule has 1 aromatic rings. The van der Waals surface area contributed by atoms with E-state index in [2.05, 4.69) is 0 Å². The molecule has 1 aromatic carbocycles. The van der Waals surface area contributed by atoms with Crippen LogP contribution in [0.15, 0.2) is 12.1 Å². The third-order valence-corrected chi connectivity index (χ3v) is 2.16. The Hall–Kier alpha value is -1.13. The van der Waals surface area contributed by atoms with E-state index in [1.54, 1.807) is 20.1 Å². The molecule has 15 heavy (non-hydrogen) atoms. The van der Waals surface area contributed by atoms with Crippen LogP contribution in [0.5, 0.6) is 5.75 Å². The minimum atomic E-state index is -0.726. The first-order chi connectivity index (χ1) is 7.10. The Morgan fingerprint density at radius 3 is 2.53 bits per heavy atom. The van der Waals surface area contributed by atoms with Crippen molar-refractivity contribution in [2.75, 3.05) is 14.2 Å². The molecule has 0 saturated heterocycles. The van der Waals surface area contributed by atoms with Crippen LogP contribution in [0.2, 0.25) is 0 Å². The van der Waals surface area contributed by atoms with Crippen LogP contribution < -0.4 is 4.74 Å². The van der Waals surface area contributed by atoms with Gasteiger partial charge in [0.2, 0.25) is 0 Å². The maximum absolute atomic E-state index is 13.4. The zero-order valence-corrected chi connectivity index (χ0v) is 9.08. The van der Waals surface area contributed by atoms with E-state index in [1.807, 2.05) is 0 Å². The van der Waals surface area contributed by atoms with Gasteiger partial charge in [-0.15, -0.1) is 0 Å². The molecule has 0 amide bonds. The van der Waals surface area contributed by atoms with Crippen molar-refractivity contribution in [2.24, 2.45) is 0 Å². The van der Waals surface area contributed by atoms with Gasteiger partial charge in [0.25, 0.3) is 0 Å². The zero-order chi connectivity index (χ0) is 11.4. The number of aliphatic hydroxyl groups excluding tert-OH is 1. The maximum Gasteiger partial charge on any atom is 0.165 e. The summed E-state index contributed by atoms with van der Waals surface area (Å²) in [5.41, 5.74) is 1.25. The smallest absolute Gasteiger partial charge is 0.165 e. The van der Waals surface area contributed by atoms with Gasteiger partial charge in [-0.1, -0.05) is 0 Å². The Morgan fingerprint density at radius 1 is 1.40 bits per heavy atom. The number of hydrogen-bond donors (Lipinski definition) is 1. The molecule has 0 aliphatic rings. The lowest BCUT2D eigenvalue weighted by molar-refractivity contribution is 0.170. The minimum Gasteiger partial charge on any atom is -0.494 e. The second-order valence-electron chi connectivity index (χ2n) is 3.29. The molecule has 1 atom stereocenters. The number of methoxy groups -OCH3 is 2. The van der Waals surface area contributed by atoms with Crippen molar-refractivity contribution in [3.8, 4) is 5.75 Å². The van der Waals surface area contributed by atoms with Crippen LogP contribution >= 0.6 is 0 Å². The number of aliphatic hydroxyl groups is 1. The quantitative estimate of drug-likeness (QED) is 0.833. The molecular weight excluding hydrogens is 199 g/mol. The van der Waals surface area contributed by atoms with Crippen molar-refractivity contribution in [3.63, 3.8) is 0 Å². The Balaban J connectivity index is 3.19. The SMILES string of the molecule is COCc1cc(OC)c(F)cc1C(C)O. The fraction of sp³-hybridized carbons (Fsp3) is 0.455. The van der Waals surface area contributed by atoms with Gasteiger partial charge in [-0.2, -0.15) is 0 Å². The van der Waals surface area contributed by atoms with Crippen LogP contribution in [0.4, 0.5) is 4.39 Å². The molecule has 0 aromatic heterocycles. The Kier molecular flexibility index (Phi) is 4.05. The van der Waals surface area contributed by atoms with Gasteiger partial charge in [0.05, 0.1) is 19.8 Å². The second-order valence-corrected chi connectivity index (χ2v) is 3.29. The van der Waals surface area contributed by atoms with Crippen LogP contribution in [0.25, 0.3) is 0 Å². The minimum absolute atomic E-state index is 0.159. The summed E-state index contributed by atoms with van der Waals surface area (Å²) in [7, 11) is 2.94. The van der Waals surface area contributed by atoms with E-state index < -0.39 is 11.9 Å². The van der Waals surface area contributed by atoms with Crippen LogP contribution in [-0.4, -0.2) is 19.3 Å². The van der Waals surface area contributed by atoms with Crippen molar-refractivity contribution < 1.29 is 19.0 Å². The van der Waals surface area contributed by atoms with E-state index in [9.17, 15) is 9.50 Å². The van der Waals surface area contributed by atoms with Gasteiger partial charge in [-0.3, -0.25) is 0 Å². The van der Waals surface area contributed by atoms with E-state index in [0.29, 0.717) is 12.2 Å². The van der Waals surface area contributed by atoms with E-state index in [4.69, 9.17) is 9.47 Å². The highest BCUT2D eigenvalue weighted by Crippen LogP contribution is 2.26. The number of rotatable bonds is 4. The van der Waals surface area contributed by atoms with E-state index >= 15 is 0 Å². The molecule has 0 aliphatic carbocycles. The molecule has 0 aliphatic heterocycles. The largest absolute Gasteiger partial charge is 0.494 e. The molecule has 0 heterocycles. The first-order valence-corrected chi connectivity index (χ1v) is 4.63. The third kappa shape index (κ3) is 2.67. The molecule has 1 unspecified atom stereocenters. The van der Waals surface area contributed by atoms with Crippen LogP contribution in [-0.2, 0) is 11.3 Å². The number of hydrogen-bond acceptors (Lipinski definition) is 3. The van der Waals surface area contributed by atoms with Crippen molar-refractivity contribution >= 4 is 0 Å². The van der Waals surface area contributed by atoms with E-state index in [-0.39, 0.29) is 5.75 Å². The van der Waals surface area contributed by atoms with Gasteiger partial charge < -0.3 is 14.6 Å². The molecule has 84 valence electrons. The van der Waals surface area contributed by atoms with Gasteiger partial charge in [0.15, 0.2) is 11.6 Å². The monoisotopic (exact) mass is 214 g/mol. The molecule has 0 fully saturated rings. The average molecular weight is 214 g/mol. The zero-order valence-electron chi connectivity index (χ0n) is 9.08. The molecule has 0 spiro atoms. The fourth-order valence-electron chi connectivity index (χ4n) is 1.44. The normalized spacial score (nSPS) is 12.6. The first kappa shape index (κ1) is 11.9. The van der Waals surface area contributed by atoms with Crippen molar-refractivity contribution in [1.29, 1.82) is 0 Å². The van der Waals surface area contributed by atoms with Crippen molar-refractivity contribution in [3.05, 3.63) is 29.1 Å². The molecule has 3 nitrogen and oxygen atoms in total. The number of halogens is 1. The first-order valence-electron chi connectivity index (χ1n) is 4.63. The van der Waals surface area contributed by atoms with Crippen molar-refractivity contribution in [1.82, 2.24) is 0 Å². The van der Waals surface area contributed by atoms with Crippen molar-refractivity contribution in [2.45, 2.75) is 19.6 Å². The lowest BCUT2D eigenvalue weighted by Crippen LogP contribution is -2.02. The molecule has 1 rings (SSSR count). The average Bonchev–Trinajstić information content (AvgIpc) is 2.20. The van der Waals surface area contributed by atoms with Gasteiger partial charge >= 0.3 is 0 Å². The highest BCUT2D eigenvalue weighted by molar-refractivity contribution is 5.37. The number of ether oxygens (including phenoxy) is 2. The standard InChI is InChI=1S/C11H15FO3/c1-7(13)9-5-10(12)11(15-3)4-8(9)6-14-2/h4-5,7,13H,6H2,1-3H3. The lowest BCUT2D eigenvalue weighted by Gasteiger charge is -2.13. The Labute approximate surface area is 88.4 Å². The van der Waals surface area contributed by atoms with Crippen LogP contribution in [0.1, 0.15) is 24.2 Å². The Bertz CT molecular complexity index is 337. The van der Waals surface area contributed by atoms with Gasteiger partial charge in [-0.05, 0) is 30.2 Å². The van der Waals surface area contributed by atoms with E-state index in [1.165, 1.54) is 13.2 Å². The predicted octanol–water partition coefficient (Wildman–Crippen LogP) is 2.03. The van der Waals surface area contributed by atoms with Gasteiger partial charge in [0, 0.05) is 7.11 Å². The van der Waals surface area contributed by atoms with E-state index in [0.717, 1.165) is 5.56 Å².